The fourth-order valence-electron chi connectivity index (χ4n) is 4.14. The Morgan fingerprint density at radius 2 is 1.97 bits per heavy atom. The van der Waals surface area contributed by atoms with Gasteiger partial charge in [0.05, 0.1) is 19.8 Å². The molecule has 0 bridgehead atoms. The summed E-state index contributed by atoms with van der Waals surface area (Å²) in [6.07, 6.45) is 3.05. The zero-order chi connectivity index (χ0) is 21.6. The van der Waals surface area contributed by atoms with E-state index in [9.17, 15) is 9.59 Å². The van der Waals surface area contributed by atoms with Gasteiger partial charge in [0.15, 0.2) is 0 Å². The Hall–Kier alpha value is -2.60. The summed E-state index contributed by atoms with van der Waals surface area (Å²) in [5.41, 5.74) is 0.750. The van der Waals surface area contributed by atoms with Gasteiger partial charge in [-0.1, -0.05) is 30.3 Å². The largest absolute Gasteiger partial charge is 0.496 e. The molecule has 6 nitrogen and oxygen atoms in total. The number of hydrogen-bond donors (Lipinski definition) is 2. The van der Waals surface area contributed by atoms with E-state index in [1.807, 2.05) is 38.1 Å². The van der Waals surface area contributed by atoms with Gasteiger partial charge in [-0.05, 0) is 50.1 Å². The van der Waals surface area contributed by atoms with E-state index < -0.39 is 5.54 Å². The molecule has 1 aliphatic rings. The van der Waals surface area contributed by atoms with Crippen molar-refractivity contribution in [3.8, 4) is 5.75 Å². The van der Waals surface area contributed by atoms with Gasteiger partial charge in [-0.25, -0.2) is 0 Å². The Kier molecular flexibility index (Phi) is 7.32. The minimum Gasteiger partial charge on any atom is -0.496 e. The molecule has 3 rings (SSSR count). The van der Waals surface area contributed by atoms with Crippen LogP contribution in [0.25, 0.3) is 10.8 Å². The lowest BCUT2D eigenvalue weighted by molar-refractivity contribution is -0.123. The minimum atomic E-state index is -0.403. The SMILES string of the molecule is COc1ccc(CC2(CCC(=O)NCCOC(C)C)CCC(=O)N2)c2ccccc12. The van der Waals surface area contributed by atoms with Gasteiger partial charge < -0.3 is 20.1 Å². The fourth-order valence-corrected chi connectivity index (χ4v) is 4.14. The first-order valence-corrected chi connectivity index (χ1v) is 10.7. The molecule has 162 valence electrons. The van der Waals surface area contributed by atoms with E-state index in [1.54, 1.807) is 7.11 Å². The first-order chi connectivity index (χ1) is 14.4. The van der Waals surface area contributed by atoms with E-state index in [2.05, 4.69) is 22.8 Å². The molecule has 2 aromatic rings. The number of nitrogens with one attached hydrogen (secondary N) is 2. The van der Waals surface area contributed by atoms with Crippen LogP contribution in [0.5, 0.6) is 5.75 Å². The molecule has 0 aromatic heterocycles. The Morgan fingerprint density at radius 1 is 1.20 bits per heavy atom. The predicted molar refractivity (Wildman–Crippen MR) is 118 cm³/mol. The van der Waals surface area contributed by atoms with Crippen LogP contribution in [-0.2, 0) is 20.7 Å². The molecule has 30 heavy (non-hydrogen) atoms. The number of benzene rings is 2. The monoisotopic (exact) mass is 412 g/mol. The van der Waals surface area contributed by atoms with Crippen LogP contribution in [0.15, 0.2) is 36.4 Å². The highest BCUT2D eigenvalue weighted by Crippen LogP contribution is 2.34. The molecule has 6 heteroatoms. The molecule has 0 radical (unpaired) electrons. The number of rotatable bonds is 10. The predicted octanol–water partition coefficient (Wildman–Crippen LogP) is 3.36. The van der Waals surface area contributed by atoms with Crippen LogP contribution < -0.4 is 15.4 Å². The van der Waals surface area contributed by atoms with E-state index >= 15 is 0 Å². The highest BCUT2D eigenvalue weighted by atomic mass is 16.5. The number of hydrogen-bond acceptors (Lipinski definition) is 4. The topological polar surface area (TPSA) is 76.7 Å². The zero-order valence-electron chi connectivity index (χ0n) is 18.1. The van der Waals surface area contributed by atoms with Crippen molar-refractivity contribution in [3.05, 3.63) is 42.0 Å². The molecule has 1 atom stereocenters. The Labute approximate surface area is 178 Å². The van der Waals surface area contributed by atoms with Crippen LogP contribution in [-0.4, -0.2) is 43.7 Å². The Morgan fingerprint density at radius 3 is 2.63 bits per heavy atom. The zero-order valence-corrected chi connectivity index (χ0v) is 18.1. The van der Waals surface area contributed by atoms with Crippen LogP contribution in [0.4, 0.5) is 0 Å². The molecule has 0 aliphatic carbocycles. The molecule has 1 unspecified atom stereocenters. The van der Waals surface area contributed by atoms with Crippen molar-refractivity contribution in [3.63, 3.8) is 0 Å². The molecular weight excluding hydrogens is 380 g/mol. The number of methoxy groups -OCH3 is 1. The van der Waals surface area contributed by atoms with Gasteiger partial charge in [-0.2, -0.15) is 0 Å². The lowest BCUT2D eigenvalue weighted by Crippen LogP contribution is -2.44. The van der Waals surface area contributed by atoms with E-state index in [4.69, 9.17) is 9.47 Å². The Bertz CT molecular complexity index is 896. The highest BCUT2D eigenvalue weighted by Gasteiger charge is 2.38. The van der Waals surface area contributed by atoms with E-state index in [1.165, 1.54) is 0 Å². The second kappa shape index (κ2) is 9.94. The molecule has 0 saturated carbocycles. The summed E-state index contributed by atoms with van der Waals surface area (Å²) in [4.78, 5) is 24.4. The van der Waals surface area contributed by atoms with Crippen molar-refractivity contribution < 1.29 is 19.1 Å². The third-order valence-corrected chi connectivity index (χ3v) is 5.66. The standard InChI is InChI=1S/C24H32N2O4/c1-17(2)30-15-14-25-22(27)10-12-24(13-11-23(28)26-24)16-18-8-9-21(29-3)20-7-5-4-6-19(18)20/h4-9,17H,10-16H2,1-3H3,(H,25,27)(H,26,28). The maximum atomic E-state index is 12.3. The van der Waals surface area contributed by atoms with Gasteiger partial charge in [-0.3, -0.25) is 9.59 Å². The Balaban J connectivity index is 1.70. The van der Waals surface area contributed by atoms with Crippen molar-refractivity contribution in [1.82, 2.24) is 10.6 Å². The molecule has 1 saturated heterocycles. The van der Waals surface area contributed by atoms with E-state index in [-0.39, 0.29) is 17.9 Å². The first-order valence-electron chi connectivity index (χ1n) is 10.7. The maximum Gasteiger partial charge on any atom is 0.220 e. The molecule has 2 amide bonds. The summed E-state index contributed by atoms with van der Waals surface area (Å²) in [6, 6.07) is 12.2. The van der Waals surface area contributed by atoms with Crippen LogP contribution in [0.1, 0.15) is 45.1 Å². The lowest BCUT2D eigenvalue weighted by atomic mass is 9.83. The quantitative estimate of drug-likeness (QED) is 0.587. The number of amides is 2. The van der Waals surface area contributed by atoms with Gasteiger partial charge in [0.25, 0.3) is 0 Å². The third kappa shape index (κ3) is 5.51. The molecule has 1 heterocycles. The summed E-state index contributed by atoms with van der Waals surface area (Å²) in [5.74, 6) is 0.878. The fraction of sp³-hybridized carbons (Fsp3) is 0.500. The summed E-state index contributed by atoms with van der Waals surface area (Å²) in [5, 5.41) is 8.25. The number of carbonyl (C=O) groups excluding carboxylic acids is 2. The van der Waals surface area contributed by atoms with Gasteiger partial charge in [0, 0.05) is 30.3 Å². The average Bonchev–Trinajstić information content (AvgIpc) is 3.10. The van der Waals surface area contributed by atoms with Crippen molar-refractivity contribution in [2.45, 2.75) is 57.6 Å². The first kappa shape index (κ1) is 22.1. The summed E-state index contributed by atoms with van der Waals surface area (Å²) in [6.45, 7) is 4.94. The second-order valence-electron chi connectivity index (χ2n) is 8.25. The number of fused-ring (bicyclic) bond motifs is 1. The molecule has 1 aliphatic heterocycles. The van der Waals surface area contributed by atoms with Crippen LogP contribution in [0, 0.1) is 0 Å². The maximum absolute atomic E-state index is 12.3. The molecule has 2 aromatic carbocycles. The smallest absolute Gasteiger partial charge is 0.220 e. The van der Waals surface area contributed by atoms with E-state index in [0.29, 0.717) is 38.8 Å². The molecule has 2 N–H and O–H groups in total. The summed E-state index contributed by atoms with van der Waals surface area (Å²) >= 11 is 0. The minimum absolute atomic E-state index is 0.0116. The van der Waals surface area contributed by atoms with Crippen molar-refractivity contribution in [2.75, 3.05) is 20.3 Å². The van der Waals surface area contributed by atoms with Crippen LogP contribution in [0.3, 0.4) is 0 Å². The van der Waals surface area contributed by atoms with Crippen LogP contribution in [0.2, 0.25) is 0 Å². The normalized spacial score (nSPS) is 18.6. The van der Waals surface area contributed by atoms with E-state index in [0.717, 1.165) is 28.5 Å². The molecule has 0 spiro atoms. The van der Waals surface area contributed by atoms with Crippen molar-refractivity contribution >= 4 is 22.6 Å². The van der Waals surface area contributed by atoms with Crippen molar-refractivity contribution in [1.29, 1.82) is 0 Å². The van der Waals surface area contributed by atoms with Gasteiger partial charge in [-0.15, -0.1) is 0 Å². The number of carbonyl (C=O) groups is 2. The lowest BCUT2D eigenvalue weighted by Gasteiger charge is -2.30. The number of ether oxygens (including phenoxy) is 2. The van der Waals surface area contributed by atoms with Gasteiger partial charge >= 0.3 is 0 Å². The summed E-state index contributed by atoms with van der Waals surface area (Å²) in [7, 11) is 1.67. The second-order valence-corrected chi connectivity index (χ2v) is 8.25. The van der Waals surface area contributed by atoms with Crippen LogP contribution >= 0.6 is 0 Å². The third-order valence-electron chi connectivity index (χ3n) is 5.66. The average molecular weight is 413 g/mol. The molecular formula is C24H32N2O4. The van der Waals surface area contributed by atoms with Gasteiger partial charge in [0.1, 0.15) is 5.75 Å². The highest BCUT2D eigenvalue weighted by molar-refractivity contribution is 5.91. The van der Waals surface area contributed by atoms with Crippen molar-refractivity contribution in [2.24, 2.45) is 0 Å². The van der Waals surface area contributed by atoms with Gasteiger partial charge in [0.2, 0.25) is 11.8 Å². The summed E-state index contributed by atoms with van der Waals surface area (Å²) < 4.78 is 11.0. The molecule has 1 fully saturated rings.